The van der Waals surface area contributed by atoms with E-state index in [0.717, 1.165) is 5.56 Å². The minimum atomic E-state index is -1.66. The van der Waals surface area contributed by atoms with Crippen molar-refractivity contribution >= 4 is 0 Å². The number of hydrogen-bond acceptors (Lipinski definition) is 12. The van der Waals surface area contributed by atoms with Crippen molar-refractivity contribution in [3.8, 4) is 23.0 Å². The van der Waals surface area contributed by atoms with E-state index in [2.05, 4.69) is 0 Å². The number of aromatic hydroxyl groups is 1. The van der Waals surface area contributed by atoms with Crippen molar-refractivity contribution < 1.29 is 59.1 Å². The van der Waals surface area contributed by atoms with Gasteiger partial charge in [-0.2, -0.15) is 0 Å². The predicted octanol–water partition coefficient (Wildman–Crippen LogP) is -0.0183. The summed E-state index contributed by atoms with van der Waals surface area (Å²) in [6.45, 7) is -0.234. The summed E-state index contributed by atoms with van der Waals surface area (Å²) in [5.41, 5.74) is 1.44. The summed E-state index contributed by atoms with van der Waals surface area (Å²) >= 11 is 0. The molecule has 2 aromatic carbocycles. The van der Waals surface area contributed by atoms with E-state index in [1.165, 1.54) is 20.3 Å². The third-order valence-corrected chi connectivity index (χ3v) is 7.47. The van der Waals surface area contributed by atoms with Gasteiger partial charge in [0.05, 0.1) is 39.6 Å². The van der Waals surface area contributed by atoms with Crippen LogP contribution >= 0.6 is 0 Å². The Balaban J connectivity index is 1.36. The zero-order valence-electron chi connectivity index (χ0n) is 20.8. The third kappa shape index (κ3) is 4.67. The largest absolute Gasteiger partial charge is 0.504 e. The van der Waals surface area contributed by atoms with Crippen molar-refractivity contribution in [1.82, 2.24) is 0 Å². The van der Waals surface area contributed by atoms with Gasteiger partial charge in [0.15, 0.2) is 41.7 Å². The standard InChI is InChI=1S/C26H32O12/c1-33-16-7-11(3-5-14(16)28)22-13-10-35-23(19(13)25(31)38-22)12-4-6-15(17(8-12)34-2)36-24-18(9-27)37-26(32)21(30)20(24)29/h3-8,13,18-32H,9-10H2,1-2H3/t13?,18-,19?,20-,21-,22-,23?,24+,25-,26-/m1/s1. The Morgan fingerprint density at radius 3 is 2.21 bits per heavy atom. The van der Waals surface area contributed by atoms with E-state index in [1.807, 2.05) is 0 Å². The molecule has 38 heavy (non-hydrogen) atoms. The Kier molecular flexibility index (Phi) is 7.67. The summed E-state index contributed by atoms with van der Waals surface area (Å²) in [7, 11) is 2.89. The van der Waals surface area contributed by atoms with Gasteiger partial charge < -0.3 is 59.1 Å². The molecule has 3 fully saturated rings. The smallest absolute Gasteiger partial charge is 0.184 e. The van der Waals surface area contributed by atoms with Gasteiger partial charge in [0.1, 0.15) is 18.3 Å². The normalized spacial score (nSPS) is 36.6. The maximum absolute atomic E-state index is 10.8. The lowest BCUT2D eigenvalue weighted by Crippen LogP contribution is -2.60. The zero-order chi connectivity index (χ0) is 27.1. The van der Waals surface area contributed by atoms with E-state index >= 15 is 0 Å². The Morgan fingerprint density at radius 2 is 1.50 bits per heavy atom. The van der Waals surface area contributed by atoms with Crippen LogP contribution in [0.2, 0.25) is 0 Å². The number of benzene rings is 2. The molecule has 3 heterocycles. The molecule has 5 rings (SSSR count). The van der Waals surface area contributed by atoms with Gasteiger partial charge in [0.2, 0.25) is 0 Å². The van der Waals surface area contributed by atoms with Gasteiger partial charge >= 0.3 is 0 Å². The molecule has 0 aliphatic carbocycles. The first-order chi connectivity index (χ1) is 18.3. The molecule has 12 nitrogen and oxygen atoms in total. The SMILES string of the molecule is COc1cc([C@H]2O[C@@H](O)C3C(c4ccc(O[C@@H]5[C@H](O)[C@@H](O)[C@H](O)O[C@@H]5CO)c(OC)c4)OCC32)ccc1O. The first-order valence-electron chi connectivity index (χ1n) is 12.2. The van der Waals surface area contributed by atoms with Crippen molar-refractivity contribution in [3.05, 3.63) is 47.5 Å². The first-order valence-corrected chi connectivity index (χ1v) is 12.2. The lowest BCUT2D eigenvalue weighted by molar-refractivity contribution is -0.282. The van der Waals surface area contributed by atoms with E-state index in [-0.39, 0.29) is 29.1 Å². The topological polar surface area (TPSA) is 177 Å². The molecule has 10 atom stereocenters. The Morgan fingerprint density at radius 1 is 0.816 bits per heavy atom. The van der Waals surface area contributed by atoms with Crippen LogP contribution in [0.5, 0.6) is 23.0 Å². The van der Waals surface area contributed by atoms with Crippen molar-refractivity contribution in [2.24, 2.45) is 11.8 Å². The highest BCUT2D eigenvalue weighted by Gasteiger charge is 2.53. The van der Waals surface area contributed by atoms with Crippen LogP contribution in [0.4, 0.5) is 0 Å². The summed E-state index contributed by atoms with van der Waals surface area (Å²) in [4.78, 5) is 0. The number of phenols is 1. The van der Waals surface area contributed by atoms with Crippen molar-refractivity contribution in [3.63, 3.8) is 0 Å². The second kappa shape index (κ2) is 10.8. The van der Waals surface area contributed by atoms with Crippen LogP contribution in [0.3, 0.4) is 0 Å². The van der Waals surface area contributed by atoms with Crippen LogP contribution in [0.15, 0.2) is 36.4 Å². The van der Waals surface area contributed by atoms with E-state index in [9.17, 15) is 30.6 Å². The van der Waals surface area contributed by atoms with Crippen molar-refractivity contribution in [2.75, 3.05) is 27.4 Å². The predicted molar refractivity (Wildman–Crippen MR) is 128 cm³/mol. The minimum Gasteiger partial charge on any atom is -0.504 e. The molecule has 3 unspecified atom stereocenters. The van der Waals surface area contributed by atoms with E-state index in [0.29, 0.717) is 17.9 Å². The number of aliphatic hydroxyl groups excluding tert-OH is 5. The zero-order valence-corrected chi connectivity index (χ0v) is 20.8. The molecule has 0 radical (unpaired) electrons. The van der Waals surface area contributed by atoms with Crippen LogP contribution in [0, 0.1) is 11.8 Å². The fourth-order valence-electron chi connectivity index (χ4n) is 5.49. The fourth-order valence-corrected chi connectivity index (χ4v) is 5.49. The van der Waals surface area contributed by atoms with Gasteiger partial charge in [-0.25, -0.2) is 0 Å². The fraction of sp³-hybridized carbons (Fsp3) is 0.538. The molecule has 6 N–H and O–H groups in total. The molecule has 12 heteroatoms. The molecular formula is C26H32O12. The molecule has 0 amide bonds. The van der Waals surface area contributed by atoms with E-state index in [1.54, 1.807) is 30.3 Å². The second-order valence-corrected chi connectivity index (χ2v) is 9.60. The number of methoxy groups -OCH3 is 2. The average molecular weight is 537 g/mol. The number of phenolic OH excluding ortho intramolecular Hbond substituents is 1. The molecule has 3 aliphatic rings. The first kappa shape index (κ1) is 26.9. The van der Waals surface area contributed by atoms with Gasteiger partial charge in [-0.15, -0.1) is 0 Å². The van der Waals surface area contributed by atoms with Crippen LogP contribution < -0.4 is 14.2 Å². The monoisotopic (exact) mass is 536 g/mol. The third-order valence-electron chi connectivity index (χ3n) is 7.47. The van der Waals surface area contributed by atoms with E-state index < -0.39 is 55.8 Å². The number of fused-ring (bicyclic) bond motifs is 1. The molecule has 0 aromatic heterocycles. The molecule has 0 spiro atoms. The van der Waals surface area contributed by atoms with Gasteiger partial charge in [-0.05, 0) is 35.4 Å². The molecule has 208 valence electrons. The van der Waals surface area contributed by atoms with Crippen LogP contribution in [0.1, 0.15) is 23.3 Å². The lowest BCUT2D eigenvalue weighted by Gasteiger charge is -2.40. The van der Waals surface area contributed by atoms with Crippen LogP contribution in [-0.4, -0.2) is 95.1 Å². The molecule has 2 aromatic rings. The van der Waals surface area contributed by atoms with Crippen molar-refractivity contribution in [1.29, 1.82) is 0 Å². The van der Waals surface area contributed by atoms with Gasteiger partial charge in [-0.1, -0.05) is 12.1 Å². The number of aliphatic hydroxyl groups is 5. The number of rotatable bonds is 7. The lowest BCUT2D eigenvalue weighted by atomic mass is 9.84. The molecule has 3 saturated heterocycles. The highest BCUT2D eigenvalue weighted by atomic mass is 16.7. The van der Waals surface area contributed by atoms with Gasteiger partial charge in [-0.3, -0.25) is 0 Å². The summed E-state index contributed by atoms with van der Waals surface area (Å²) in [5, 5.41) is 60.5. The summed E-state index contributed by atoms with van der Waals surface area (Å²) in [6.07, 6.45) is -9.18. The molecule has 0 saturated carbocycles. The minimum absolute atomic E-state index is 0.00426. The summed E-state index contributed by atoms with van der Waals surface area (Å²) in [5.74, 6) is 0.243. The molecule has 0 bridgehead atoms. The van der Waals surface area contributed by atoms with Gasteiger partial charge in [0.25, 0.3) is 0 Å². The summed E-state index contributed by atoms with van der Waals surface area (Å²) in [6, 6.07) is 9.91. The van der Waals surface area contributed by atoms with E-state index in [4.69, 9.17) is 28.4 Å². The Labute approximate surface area is 218 Å². The van der Waals surface area contributed by atoms with Crippen molar-refractivity contribution in [2.45, 2.75) is 49.2 Å². The average Bonchev–Trinajstić information content (AvgIpc) is 3.50. The molecule has 3 aliphatic heterocycles. The Hall–Kier alpha value is -2.68. The summed E-state index contributed by atoms with van der Waals surface area (Å²) < 4.78 is 33.7. The van der Waals surface area contributed by atoms with Gasteiger partial charge in [0, 0.05) is 11.8 Å². The quantitative estimate of drug-likeness (QED) is 0.279. The highest BCUT2D eigenvalue weighted by molar-refractivity contribution is 5.45. The second-order valence-electron chi connectivity index (χ2n) is 9.60. The maximum atomic E-state index is 10.8. The number of hydrogen-bond donors (Lipinski definition) is 6. The van der Waals surface area contributed by atoms with Crippen LogP contribution in [0.25, 0.3) is 0 Å². The number of ether oxygens (including phenoxy) is 6. The maximum Gasteiger partial charge on any atom is 0.184 e. The highest BCUT2D eigenvalue weighted by Crippen LogP contribution is 2.53. The Bertz CT molecular complexity index is 1130. The van der Waals surface area contributed by atoms with Crippen LogP contribution in [-0.2, 0) is 14.2 Å². The molecular weight excluding hydrogens is 504 g/mol.